The summed E-state index contributed by atoms with van der Waals surface area (Å²) in [5, 5.41) is 0. The third-order valence-electron chi connectivity index (χ3n) is 2.33. The van der Waals surface area contributed by atoms with Crippen molar-refractivity contribution in [3.8, 4) is 0 Å². The summed E-state index contributed by atoms with van der Waals surface area (Å²) >= 11 is 0. The fraction of sp³-hybridized carbons (Fsp3) is 0.545. The number of hydrogen-bond donors (Lipinski definition) is 0. The zero-order valence-electron chi connectivity index (χ0n) is 9.24. The third kappa shape index (κ3) is 2.49. The third-order valence-corrected chi connectivity index (χ3v) is 2.33. The molecule has 1 aromatic heterocycles. The van der Waals surface area contributed by atoms with E-state index in [9.17, 15) is 13.2 Å². The van der Waals surface area contributed by atoms with Crippen molar-refractivity contribution < 1.29 is 13.2 Å². The summed E-state index contributed by atoms with van der Waals surface area (Å²) in [6.45, 7) is 7.11. The van der Waals surface area contributed by atoms with E-state index < -0.39 is 11.7 Å². The van der Waals surface area contributed by atoms with Gasteiger partial charge in [0.2, 0.25) is 0 Å². The van der Waals surface area contributed by atoms with Gasteiger partial charge < -0.3 is 0 Å². The highest BCUT2D eigenvalue weighted by atomic mass is 19.4. The van der Waals surface area contributed by atoms with Gasteiger partial charge in [-0.2, -0.15) is 13.2 Å². The maximum Gasteiger partial charge on any atom is 0.418 e. The number of rotatable bonds is 0. The van der Waals surface area contributed by atoms with E-state index in [2.05, 4.69) is 4.98 Å². The van der Waals surface area contributed by atoms with Crippen LogP contribution < -0.4 is 0 Å². The first-order valence-electron chi connectivity index (χ1n) is 4.66. The minimum absolute atomic E-state index is 0.269. The Morgan fingerprint density at radius 2 is 1.47 bits per heavy atom. The molecule has 1 aromatic rings. The SMILES string of the molecule is Cc1c(C(C)(C)C)cncc1C(F)(F)F. The second-order valence-corrected chi connectivity index (χ2v) is 4.61. The summed E-state index contributed by atoms with van der Waals surface area (Å²) in [6.07, 6.45) is -1.94. The maximum absolute atomic E-state index is 12.6. The van der Waals surface area contributed by atoms with Crippen LogP contribution in [0, 0.1) is 6.92 Å². The Hall–Kier alpha value is -1.06. The van der Waals surface area contributed by atoms with Crippen LogP contribution in [-0.4, -0.2) is 4.98 Å². The van der Waals surface area contributed by atoms with E-state index in [0.717, 1.165) is 6.20 Å². The van der Waals surface area contributed by atoms with Crippen molar-refractivity contribution in [1.29, 1.82) is 0 Å². The Morgan fingerprint density at radius 3 is 1.87 bits per heavy atom. The van der Waals surface area contributed by atoms with Crippen molar-refractivity contribution >= 4 is 0 Å². The van der Waals surface area contributed by atoms with Crippen LogP contribution in [-0.2, 0) is 11.6 Å². The van der Waals surface area contributed by atoms with Crippen molar-refractivity contribution in [2.24, 2.45) is 0 Å². The van der Waals surface area contributed by atoms with Crippen molar-refractivity contribution in [3.05, 3.63) is 29.1 Å². The highest BCUT2D eigenvalue weighted by Crippen LogP contribution is 2.35. The molecule has 0 aliphatic rings. The molecule has 0 bridgehead atoms. The van der Waals surface area contributed by atoms with Gasteiger partial charge in [0, 0.05) is 12.4 Å². The van der Waals surface area contributed by atoms with Crippen LogP contribution in [0.5, 0.6) is 0 Å². The molecule has 0 fully saturated rings. The Morgan fingerprint density at radius 1 is 1.00 bits per heavy atom. The number of aromatic nitrogens is 1. The molecule has 0 atom stereocenters. The molecule has 0 N–H and O–H groups in total. The maximum atomic E-state index is 12.6. The molecule has 84 valence electrons. The Bertz CT molecular complexity index is 329. The second kappa shape index (κ2) is 3.51. The summed E-state index contributed by atoms with van der Waals surface area (Å²) in [6, 6.07) is 0. The van der Waals surface area contributed by atoms with Gasteiger partial charge >= 0.3 is 6.18 Å². The molecule has 0 aliphatic heterocycles. The Balaban J connectivity index is 3.37. The van der Waals surface area contributed by atoms with Crippen LogP contribution in [0.25, 0.3) is 0 Å². The minimum Gasteiger partial charge on any atom is -0.264 e. The Kier molecular flexibility index (Phi) is 2.81. The summed E-state index contributed by atoms with van der Waals surface area (Å²) in [5.41, 5.74) is -0.0597. The predicted octanol–water partition coefficient (Wildman–Crippen LogP) is 3.71. The molecule has 0 unspecified atom stereocenters. The van der Waals surface area contributed by atoms with Gasteiger partial charge in [0.25, 0.3) is 0 Å². The zero-order chi connectivity index (χ0) is 11.9. The lowest BCUT2D eigenvalue weighted by molar-refractivity contribution is -0.138. The van der Waals surface area contributed by atoms with Gasteiger partial charge in [-0.1, -0.05) is 20.8 Å². The molecule has 1 nitrogen and oxygen atoms in total. The molecule has 1 heterocycles. The van der Waals surface area contributed by atoms with E-state index >= 15 is 0 Å². The largest absolute Gasteiger partial charge is 0.418 e. The molecule has 0 aliphatic carbocycles. The number of alkyl halides is 3. The molecule has 0 saturated heterocycles. The van der Waals surface area contributed by atoms with Crippen LogP contribution in [0.2, 0.25) is 0 Å². The molecule has 4 heteroatoms. The summed E-state index contributed by atoms with van der Waals surface area (Å²) in [5.74, 6) is 0. The number of pyridine rings is 1. The molecule has 0 saturated carbocycles. The number of halogens is 3. The number of hydrogen-bond acceptors (Lipinski definition) is 1. The van der Waals surface area contributed by atoms with Gasteiger partial charge in [-0.05, 0) is 23.5 Å². The molecule has 15 heavy (non-hydrogen) atoms. The standard InChI is InChI=1S/C11H14F3N/c1-7-8(10(2,3)4)5-15-6-9(7)11(12,13)14/h5-6H,1-4H3. The average Bonchev–Trinajstić information content (AvgIpc) is 1.99. The van der Waals surface area contributed by atoms with E-state index in [4.69, 9.17) is 0 Å². The predicted molar refractivity (Wildman–Crippen MR) is 52.7 cm³/mol. The van der Waals surface area contributed by atoms with E-state index in [-0.39, 0.29) is 11.0 Å². The van der Waals surface area contributed by atoms with Crippen molar-refractivity contribution in [1.82, 2.24) is 4.98 Å². The van der Waals surface area contributed by atoms with E-state index in [1.54, 1.807) is 0 Å². The van der Waals surface area contributed by atoms with Gasteiger partial charge in [-0.3, -0.25) is 4.98 Å². The Labute approximate surface area is 87.3 Å². The molecular formula is C11H14F3N. The van der Waals surface area contributed by atoms with Gasteiger partial charge in [0.1, 0.15) is 0 Å². The number of nitrogens with zero attached hydrogens (tertiary/aromatic N) is 1. The van der Waals surface area contributed by atoms with Crippen molar-refractivity contribution in [3.63, 3.8) is 0 Å². The first-order chi connectivity index (χ1) is 6.64. The monoisotopic (exact) mass is 217 g/mol. The summed E-state index contributed by atoms with van der Waals surface area (Å²) in [7, 11) is 0. The van der Waals surface area contributed by atoms with E-state index in [1.165, 1.54) is 13.1 Å². The van der Waals surface area contributed by atoms with Gasteiger partial charge in [0.05, 0.1) is 5.56 Å². The van der Waals surface area contributed by atoms with Crippen LogP contribution >= 0.6 is 0 Å². The van der Waals surface area contributed by atoms with Gasteiger partial charge in [-0.25, -0.2) is 0 Å². The molecule has 1 rings (SSSR count). The summed E-state index contributed by atoms with van der Waals surface area (Å²) in [4.78, 5) is 3.66. The quantitative estimate of drug-likeness (QED) is 0.645. The zero-order valence-corrected chi connectivity index (χ0v) is 9.24. The van der Waals surface area contributed by atoms with Crippen LogP contribution in [0.3, 0.4) is 0 Å². The molecule has 0 spiro atoms. The van der Waals surface area contributed by atoms with E-state index in [1.807, 2.05) is 20.8 Å². The lowest BCUT2D eigenvalue weighted by Gasteiger charge is -2.23. The van der Waals surface area contributed by atoms with Crippen molar-refractivity contribution in [2.45, 2.75) is 39.3 Å². The topological polar surface area (TPSA) is 12.9 Å². The van der Waals surface area contributed by atoms with Gasteiger partial charge in [-0.15, -0.1) is 0 Å². The lowest BCUT2D eigenvalue weighted by atomic mass is 9.84. The lowest BCUT2D eigenvalue weighted by Crippen LogP contribution is -2.17. The first kappa shape index (κ1) is 12.0. The van der Waals surface area contributed by atoms with Gasteiger partial charge in [0.15, 0.2) is 0 Å². The molecule has 0 aromatic carbocycles. The van der Waals surface area contributed by atoms with Crippen LogP contribution in [0.1, 0.15) is 37.5 Å². The highest BCUT2D eigenvalue weighted by molar-refractivity contribution is 5.36. The van der Waals surface area contributed by atoms with E-state index in [0.29, 0.717) is 5.56 Å². The smallest absolute Gasteiger partial charge is 0.264 e. The molecular weight excluding hydrogens is 203 g/mol. The normalized spacial score (nSPS) is 13.0. The highest BCUT2D eigenvalue weighted by Gasteiger charge is 2.34. The molecule has 0 radical (unpaired) electrons. The fourth-order valence-electron chi connectivity index (χ4n) is 1.57. The van der Waals surface area contributed by atoms with Crippen LogP contribution in [0.4, 0.5) is 13.2 Å². The molecule has 0 amide bonds. The van der Waals surface area contributed by atoms with Crippen LogP contribution in [0.15, 0.2) is 12.4 Å². The summed E-state index contributed by atoms with van der Waals surface area (Å²) < 4.78 is 37.7. The second-order valence-electron chi connectivity index (χ2n) is 4.61. The van der Waals surface area contributed by atoms with Crippen molar-refractivity contribution in [2.75, 3.05) is 0 Å². The average molecular weight is 217 g/mol. The minimum atomic E-state index is -4.32. The first-order valence-corrected chi connectivity index (χ1v) is 4.66. The fourth-order valence-corrected chi connectivity index (χ4v) is 1.57.